The zero-order valence-corrected chi connectivity index (χ0v) is 16.6. The molecule has 1 rings (SSSR count). The number of rotatable bonds is 10. The molecule has 0 aliphatic carbocycles. The Hall–Kier alpha value is -1.77. The molecule has 1 amide bonds. The van der Waals surface area contributed by atoms with Gasteiger partial charge in [0.15, 0.2) is 0 Å². The molecular weight excluding hydrogens is 354 g/mol. The number of amides is 1. The topological polar surface area (TPSA) is 124 Å². The van der Waals surface area contributed by atoms with Crippen LogP contribution in [0.5, 0.6) is 0 Å². The van der Waals surface area contributed by atoms with Gasteiger partial charge in [-0.1, -0.05) is 31.2 Å². The van der Waals surface area contributed by atoms with E-state index in [0.717, 1.165) is 5.56 Å². The standard InChI is InChI=1S/C18H29N3O4S/c1-5-18(2,3)21(4)26(24,25)16(10-11-22)14-8-6-13(7-9-14)12-15(19)17(20)23/h6-9,11,15-16H,5,10,12,19H2,1-4H3,(H2,20,23)/t15-,16?/m0/s1. The number of benzene rings is 1. The summed E-state index contributed by atoms with van der Waals surface area (Å²) in [6.45, 7) is 5.60. The van der Waals surface area contributed by atoms with E-state index in [4.69, 9.17) is 11.5 Å². The molecule has 2 atom stereocenters. The maximum absolute atomic E-state index is 13.1. The number of aldehydes is 1. The Morgan fingerprint density at radius 2 is 1.81 bits per heavy atom. The smallest absolute Gasteiger partial charge is 0.234 e. The van der Waals surface area contributed by atoms with Crippen molar-refractivity contribution in [2.24, 2.45) is 11.5 Å². The van der Waals surface area contributed by atoms with E-state index < -0.39 is 32.8 Å². The van der Waals surface area contributed by atoms with Gasteiger partial charge >= 0.3 is 0 Å². The lowest BCUT2D eigenvalue weighted by atomic mass is 10.0. The lowest BCUT2D eigenvalue weighted by Gasteiger charge is -2.36. The van der Waals surface area contributed by atoms with Crippen LogP contribution in [0.15, 0.2) is 24.3 Å². The maximum atomic E-state index is 13.1. The molecule has 0 fully saturated rings. The fourth-order valence-corrected chi connectivity index (χ4v) is 4.52. The van der Waals surface area contributed by atoms with Gasteiger partial charge in [0.2, 0.25) is 15.9 Å². The van der Waals surface area contributed by atoms with Gasteiger partial charge in [0.05, 0.1) is 6.04 Å². The van der Waals surface area contributed by atoms with Gasteiger partial charge in [0.25, 0.3) is 0 Å². The van der Waals surface area contributed by atoms with Gasteiger partial charge in [0.1, 0.15) is 11.5 Å². The quantitative estimate of drug-likeness (QED) is 0.586. The van der Waals surface area contributed by atoms with Crippen molar-refractivity contribution in [3.63, 3.8) is 0 Å². The molecule has 0 aliphatic rings. The summed E-state index contributed by atoms with van der Waals surface area (Å²) in [5, 5.41) is -0.963. The summed E-state index contributed by atoms with van der Waals surface area (Å²) in [4.78, 5) is 22.2. The molecule has 0 saturated carbocycles. The lowest BCUT2D eigenvalue weighted by molar-refractivity contribution is -0.119. The molecule has 1 aromatic rings. The van der Waals surface area contributed by atoms with Crippen molar-refractivity contribution >= 4 is 22.2 Å². The number of carbonyl (C=O) groups excluding carboxylic acids is 2. The number of hydrogen-bond acceptors (Lipinski definition) is 5. The summed E-state index contributed by atoms with van der Waals surface area (Å²) in [6.07, 6.45) is 1.39. The van der Waals surface area contributed by atoms with Crippen molar-refractivity contribution in [3.8, 4) is 0 Å². The van der Waals surface area contributed by atoms with E-state index in [1.807, 2.05) is 20.8 Å². The fraction of sp³-hybridized carbons (Fsp3) is 0.556. The molecule has 0 heterocycles. The molecule has 0 aromatic heterocycles. The van der Waals surface area contributed by atoms with Gasteiger partial charge in [-0.2, -0.15) is 4.31 Å². The van der Waals surface area contributed by atoms with E-state index >= 15 is 0 Å². The Labute approximate surface area is 155 Å². The summed E-state index contributed by atoms with van der Waals surface area (Å²) >= 11 is 0. The molecule has 26 heavy (non-hydrogen) atoms. The van der Waals surface area contributed by atoms with Crippen molar-refractivity contribution < 1.29 is 18.0 Å². The average molecular weight is 384 g/mol. The van der Waals surface area contributed by atoms with Crippen LogP contribution in [0, 0.1) is 0 Å². The van der Waals surface area contributed by atoms with Gasteiger partial charge in [-0.3, -0.25) is 4.79 Å². The van der Waals surface area contributed by atoms with Crippen molar-refractivity contribution in [1.82, 2.24) is 4.31 Å². The van der Waals surface area contributed by atoms with Crippen LogP contribution in [-0.4, -0.2) is 43.5 Å². The second-order valence-electron chi connectivity index (χ2n) is 7.02. The molecule has 0 radical (unpaired) electrons. The van der Waals surface area contributed by atoms with E-state index in [2.05, 4.69) is 0 Å². The van der Waals surface area contributed by atoms with Gasteiger partial charge in [-0.25, -0.2) is 8.42 Å². The Morgan fingerprint density at radius 1 is 1.27 bits per heavy atom. The minimum absolute atomic E-state index is 0.132. The minimum atomic E-state index is -3.73. The van der Waals surface area contributed by atoms with Gasteiger partial charge < -0.3 is 16.3 Å². The van der Waals surface area contributed by atoms with Crippen molar-refractivity contribution in [3.05, 3.63) is 35.4 Å². The SMILES string of the molecule is CCC(C)(C)N(C)S(=O)(=O)C(CC=O)c1ccc(C[C@H](N)C(N)=O)cc1. The molecule has 1 unspecified atom stereocenters. The largest absolute Gasteiger partial charge is 0.368 e. The summed E-state index contributed by atoms with van der Waals surface area (Å²) in [5.41, 5.74) is 11.5. The van der Waals surface area contributed by atoms with Crippen LogP contribution in [0.25, 0.3) is 0 Å². The molecule has 8 heteroatoms. The predicted octanol–water partition coefficient (Wildman–Crippen LogP) is 1.12. The zero-order chi connectivity index (χ0) is 20.1. The summed E-state index contributed by atoms with van der Waals surface area (Å²) < 4.78 is 27.5. The first-order chi connectivity index (χ1) is 12.0. The molecule has 0 bridgehead atoms. The van der Waals surface area contributed by atoms with Crippen LogP contribution in [0.3, 0.4) is 0 Å². The van der Waals surface area contributed by atoms with Gasteiger partial charge in [0, 0.05) is 19.0 Å². The molecular formula is C18H29N3O4S. The first-order valence-corrected chi connectivity index (χ1v) is 10.0. The van der Waals surface area contributed by atoms with Crippen LogP contribution in [0.1, 0.15) is 50.0 Å². The number of nitrogens with two attached hydrogens (primary N) is 2. The second kappa shape index (κ2) is 8.75. The monoisotopic (exact) mass is 383 g/mol. The first kappa shape index (κ1) is 22.3. The number of nitrogens with zero attached hydrogens (tertiary/aromatic N) is 1. The zero-order valence-electron chi connectivity index (χ0n) is 15.8. The van der Waals surface area contributed by atoms with Crippen molar-refractivity contribution in [2.75, 3.05) is 7.05 Å². The summed E-state index contributed by atoms with van der Waals surface area (Å²) in [7, 11) is -2.19. The van der Waals surface area contributed by atoms with E-state index in [0.29, 0.717) is 18.3 Å². The van der Waals surface area contributed by atoms with E-state index in [1.165, 1.54) is 11.4 Å². The highest BCUT2D eigenvalue weighted by molar-refractivity contribution is 7.89. The van der Waals surface area contributed by atoms with Crippen LogP contribution in [0.2, 0.25) is 0 Å². The number of hydrogen-bond donors (Lipinski definition) is 2. The van der Waals surface area contributed by atoms with Crippen LogP contribution in [-0.2, 0) is 26.0 Å². The normalized spacial score (nSPS) is 14.8. The average Bonchev–Trinajstić information content (AvgIpc) is 2.59. The first-order valence-electron chi connectivity index (χ1n) is 8.52. The second-order valence-corrected chi connectivity index (χ2v) is 9.17. The lowest BCUT2D eigenvalue weighted by Crippen LogP contribution is -2.46. The van der Waals surface area contributed by atoms with Crippen molar-refractivity contribution in [2.45, 2.75) is 56.9 Å². The molecule has 146 valence electrons. The fourth-order valence-electron chi connectivity index (χ4n) is 2.50. The van der Waals surface area contributed by atoms with Crippen LogP contribution < -0.4 is 11.5 Å². The highest BCUT2D eigenvalue weighted by atomic mass is 32.2. The highest BCUT2D eigenvalue weighted by Crippen LogP contribution is 2.32. The summed E-state index contributed by atoms with van der Waals surface area (Å²) in [6, 6.07) is 5.92. The van der Waals surface area contributed by atoms with Gasteiger partial charge in [-0.15, -0.1) is 0 Å². The maximum Gasteiger partial charge on any atom is 0.234 e. The third kappa shape index (κ3) is 5.12. The Bertz CT molecular complexity index is 729. The molecule has 0 aliphatic heterocycles. The van der Waals surface area contributed by atoms with Gasteiger partial charge in [-0.05, 0) is 37.8 Å². The van der Waals surface area contributed by atoms with Crippen molar-refractivity contribution in [1.29, 1.82) is 0 Å². The molecule has 1 aromatic carbocycles. The molecule has 0 spiro atoms. The minimum Gasteiger partial charge on any atom is -0.368 e. The van der Waals surface area contributed by atoms with E-state index in [-0.39, 0.29) is 12.8 Å². The Morgan fingerprint density at radius 3 is 2.23 bits per heavy atom. The third-order valence-electron chi connectivity index (χ3n) is 4.94. The van der Waals surface area contributed by atoms with E-state index in [1.54, 1.807) is 24.3 Å². The van der Waals surface area contributed by atoms with E-state index in [9.17, 15) is 18.0 Å². The predicted molar refractivity (Wildman–Crippen MR) is 102 cm³/mol. The molecule has 7 nitrogen and oxygen atoms in total. The van der Waals surface area contributed by atoms with Crippen LogP contribution in [0.4, 0.5) is 0 Å². The Kier molecular flexibility index (Phi) is 7.49. The number of sulfonamides is 1. The Balaban J connectivity index is 3.17. The number of primary amides is 1. The molecule has 0 saturated heterocycles. The highest BCUT2D eigenvalue weighted by Gasteiger charge is 2.37. The summed E-state index contributed by atoms with van der Waals surface area (Å²) in [5.74, 6) is -0.598. The number of carbonyl (C=O) groups is 2. The van der Waals surface area contributed by atoms with Crippen LogP contribution >= 0.6 is 0 Å². The third-order valence-corrected chi connectivity index (χ3v) is 7.38. The molecule has 4 N–H and O–H groups in total.